The van der Waals surface area contributed by atoms with Crippen LogP contribution in [0.25, 0.3) is 5.69 Å². The van der Waals surface area contributed by atoms with Gasteiger partial charge in [-0.2, -0.15) is 0 Å². The molecular weight excluding hydrogens is 230 g/mol. The summed E-state index contributed by atoms with van der Waals surface area (Å²) in [5, 5.41) is 0. The van der Waals surface area contributed by atoms with Gasteiger partial charge < -0.3 is 11.5 Å². The SMILES string of the molecule is Cc1c(N=C(N)N)c(=O)n(-c2ccccc2)n1C. The van der Waals surface area contributed by atoms with E-state index in [4.69, 9.17) is 11.5 Å². The van der Waals surface area contributed by atoms with E-state index in [-0.39, 0.29) is 17.2 Å². The summed E-state index contributed by atoms with van der Waals surface area (Å²) in [5.74, 6) is -0.124. The molecular formula is C12H15N5O. The van der Waals surface area contributed by atoms with Crippen LogP contribution in [0.3, 0.4) is 0 Å². The Labute approximate surface area is 104 Å². The third-order valence-electron chi connectivity index (χ3n) is 2.76. The van der Waals surface area contributed by atoms with E-state index in [2.05, 4.69) is 4.99 Å². The number of rotatable bonds is 2. The van der Waals surface area contributed by atoms with E-state index in [1.807, 2.05) is 30.3 Å². The molecule has 0 radical (unpaired) electrons. The van der Waals surface area contributed by atoms with Crippen molar-refractivity contribution in [3.8, 4) is 5.69 Å². The maximum atomic E-state index is 12.3. The van der Waals surface area contributed by atoms with Crippen LogP contribution in [-0.2, 0) is 7.05 Å². The van der Waals surface area contributed by atoms with Crippen LogP contribution in [0.15, 0.2) is 40.1 Å². The predicted molar refractivity (Wildman–Crippen MR) is 71.2 cm³/mol. The molecule has 0 amide bonds. The summed E-state index contributed by atoms with van der Waals surface area (Å²) in [6.07, 6.45) is 0. The van der Waals surface area contributed by atoms with Gasteiger partial charge in [-0.15, -0.1) is 0 Å². The van der Waals surface area contributed by atoms with Gasteiger partial charge >= 0.3 is 0 Å². The molecule has 0 aliphatic rings. The quantitative estimate of drug-likeness (QED) is 0.592. The Balaban J connectivity index is 2.72. The molecule has 1 aromatic heterocycles. The number of aliphatic imine (C=N–C) groups is 1. The first kappa shape index (κ1) is 12.0. The van der Waals surface area contributed by atoms with Crippen molar-refractivity contribution in [3.63, 3.8) is 0 Å². The molecule has 0 saturated heterocycles. The molecule has 2 rings (SSSR count). The molecule has 4 N–H and O–H groups in total. The van der Waals surface area contributed by atoms with Gasteiger partial charge in [-0.05, 0) is 19.1 Å². The fourth-order valence-corrected chi connectivity index (χ4v) is 1.81. The summed E-state index contributed by atoms with van der Waals surface area (Å²) in [4.78, 5) is 16.2. The van der Waals surface area contributed by atoms with Crippen LogP contribution in [-0.4, -0.2) is 15.3 Å². The average Bonchev–Trinajstić information content (AvgIpc) is 2.54. The molecule has 6 heteroatoms. The predicted octanol–water partition coefficient (Wildman–Crippen LogP) is 0.389. The van der Waals surface area contributed by atoms with Crippen molar-refractivity contribution >= 4 is 11.6 Å². The van der Waals surface area contributed by atoms with Crippen molar-refractivity contribution in [2.24, 2.45) is 23.5 Å². The maximum Gasteiger partial charge on any atom is 0.297 e. The number of para-hydroxylation sites is 1. The van der Waals surface area contributed by atoms with Crippen LogP contribution >= 0.6 is 0 Å². The van der Waals surface area contributed by atoms with E-state index in [0.29, 0.717) is 5.69 Å². The summed E-state index contributed by atoms with van der Waals surface area (Å²) in [6.45, 7) is 1.79. The zero-order valence-corrected chi connectivity index (χ0v) is 10.3. The fraction of sp³-hybridized carbons (Fsp3) is 0.167. The highest BCUT2D eigenvalue weighted by molar-refractivity contribution is 5.79. The second-order valence-corrected chi connectivity index (χ2v) is 3.95. The zero-order valence-electron chi connectivity index (χ0n) is 10.3. The van der Waals surface area contributed by atoms with Crippen LogP contribution in [0.2, 0.25) is 0 Å². The molecule has 1 aromatic carbocycles. The van der Waals surface area contributed by atoms with Gasteiger partial charge in [-0.1, -0.05) is 18.2 Å². The lowest BCUT2D eigenvalue weighted by atomic mass is 10.3. The third kappa shape index (κ3) is 1.88. The summed E-state index contributed by atoms with van der Waals surface area (Å²) < 4.78 is 3.25. The van der Waals surface area contributed by atoms with E-state index in [1.54, 1.807) is 18.7 Å². The van der Waals surface area contributed by atoms with Crippen molar-refractivity contribution in [2.45, 2.75) is 6.92 Å². The molecule has 0 fully saturated rings. The van der Waals surface area contributed by atoms with Crippen LogP contribution in [0.5, 0.6) is 0 Å². The van der Waals surface area contributed by atoms with Crippen molar-refractivity contribution in [2.75, 3.05) is 0 Å². The second kappa shape index (κ2) is 4.40. The minimum absolute atomic E-state index is 0.124. The average molecular weight is 245 g/mol. The highest BCUT2D eigenvalue weighted by atomic mass is 16.1. The Hall–Kier alpha value is -2.50. The van der Waals surface area contributed by atoms with Gasteiger partial charge in [0.15, 0.2) is 11.6 Å². The molecule has 0 bridgehead atoms. The number of nitrogens with zero attached hydrogens (tertiary/aromatic N) is 3. The van der Waals surface area contributed by atoms with E-state index in [1.165, 1.54) is 4.68 Å². The fourth-order valence-electron chi connectivity index (χ4n) is 1.81. The summed E-state index contributed by atoms with van der Waals surface area (Å²) in [7, 11) is 1.79. The van der Waals surface area contributed by atoms with Crippen LogP contribution in [0.1, 0.15) is 5.69 Å². The summed E-state index contributed by atoms with van der Waals surface area (Å²) in [5.41, 5.74) is 12.2. The summed E-state index contributed by atoms with van der Waals surface area (Å²) >= 11 is 0. The molecule has 18 heavy (non-hydrogen) atoms. The molecule has 6 nitrogen and oxygen atoms in total. The van der Waals surface area contributed by atoms with Crippen LogP contribution < -0.4 is 17.0 Å². The molecule has 0 saturated carbocycles. The van der Waals surface area contributed by atoms with E-state index < -0.39 is 0 Å². The molecule has 0 aliphatic heterocycles. The van der Waals surface area contributed by atoms with E-state index >= 15 is 0 Å². The zero-order chi connectivity index (χ0) is 13.3. The number of aromatic nitrogens is 2. The monoisotopic (exact) mass is 245 g/mol. The topological polar surface area (TPSA) is 91.3 Å². The maximum absolute atomic E-state index is 12.3. The largest absolute Gasteiger partial charge is 0.370 e. The van der Waals surface area contributed by atoms with Crippen molar-refractivity contribution in [1.29, 1.82) is 0 Å². The van der Waals surface area contributed by atoms with Gasteiger partial charge in [-0.3, -0.25) is 9.48 Å². The molecule has 0 spiro atoms. The van der Waals surface area contributed by atoms with Gasteiger partial charge in [0.05, 0.1) is 11.4 Å². The number of hydrogen-bond acceptors (Lipinski definition) is 2. The number of benzene rings is 1. The Bertz CT molecular complexity index is 647. The molecule has 2 aromatic rings. The van der Waals surface area contributed by atoms with Crippen molar-refractivity contribution in [3.05, 3.63) is 46.4 Å². The lowest BCUT2D eigenvalue weighted by molar-refractivity contribution is 0.630. The molecule has 0 unspecified atom stereocenters. The van der Waals surface area contributed by atoms with Gasteiger partial charge in [-0.25, -0.2) is 9.67 Å². The standard InChI is InChI=1S/C12H15N5O/c1-8-10(15-12(13)14)11(18)17(16(8)2)9-6-4-3-5-7-9/h3-7H,1-2H3,(H4,13,14,15). The third-order valence-corrected chi connectivity index (χ3v) is 2.76. The highest BCUT2D eigenvalue weighted by Gasteiger charge is 2.15. The van der Waals surface area contributed by atoms with E-state index in [0.717, 1.165) is 5.69 Å². The van der Waals surface area contributed by atoms with Crippen molar-refractivity contribution < 1.29 is 0 Å². The van der Waals surface area contributed by atoms with Gasteiger partial charge in [0.25, 0.3) is 5.56 Å². The molecule has 0 aliphatic carbocycles. The van der Waals surface area contributed by atoms with Gasteiger partial charge in [0, 0.05) is 7.05 Å². The first-order valence-corrected chi connectivity index (χ1v) is 5.46. The van der Waals surface area contributed by atoms with Gasteiger partial charge in [0.1, 0.15) is 0 Å². The summed E-state index contributed by atoms with van der Waals surface area (Å²) in [6, 6.07) is 9.32. The lowest BCUT2D eigenvalue weighted by Gasteiger charge is -2.07. The van der Waals surface area contributed by atoms with E-state index in [9.17, 15) is 4.79 Å². The molecule has 94 valence electrons. The molecule has 1 heterocycles. The van der Waals surface area contributed by atoms with Gasteiger partial charge in [0.2, 0.25) is 0 Å². The van der Waals surface area contributed by atoms with Crippen LogP contribution in [0.4, 0.5) is 5.69 Å². The second-order valence-electron chi connectivity index (χ2n) is 3.95. The normalized spacial score (nSPS) is 10.3. The minimum Gasteiger partial charge on any atom is -0.370 e. The highest BCUT2D eigenvalue weighted by Crippen LogP contribution is 2.15. The number of guanidine groups is 1. The lowest BCUT2D eigenvalue weighted by Crippen LogP contribution is -2.23. The Morgan fingerprint density at radius 3 is 2.39 bits per heavy atom. The Morgan fingerprint density at radius 1 is 1.22 bits per heavy atom. The minimum atomic E-state index is -0.241. The molecule has 0 atom stereocenters. The van der Waals surface area contributed by atoms with Crippen LogP contribution in [0, 0.1) is 6.92 Å². The Morgan fingerprint density at radius 2 is 1.83 bits per heavy atom. The van der Waals surface area contributed by atoms with Crippen molar-refractivity contribution in [1.82, 2.24) is 9.36 Å². The number of hydrogen-bond donors (Lipinski definition) is 2. The smallest absolute Gasteiger partial charge is 0.297 e. The first-order valence-electron chi connectivity index (χ1n) is 5.46. The Kier molecular flexibility index (Phi) is 2.93. The number of nitrogens with two attached hydrogens (primary N) is 2. The first-order chi connectivity index (χ1) is 8.52.